The number of hydrogen-bond donors (Lipinski definition) is 0. The molecule has 1 unspecified atom stereocenters. The van der Waals surface area contributed by atoms with Gasteiger partial charge in [-0.25, -0.2) is 4.39 Å². The van der Waals surface area contributed by atoms with Crippen LogP contribution in [-0.2, 0) is 6.42 Å². The van der Waals surface area contributed by atoms with Crippen LogP contribution in [0.25, 0.3) is 0 Å². The standard InChI is InChI=1S/C16H13BrFIO/c17-16(13-5-4-12(18)9-14(13)19)11-3-6-15-10(8-11)2-1-7-20-15/h3-6,8-9,16H,1-2,7H2. The number of ether oxygens (including phenoxy) is 1. The van der Waals surface area contributed by atoms with Crippen LogP contribution in [0, 0.1) is 9.39 Å². The lowest BCUT2D eigenvalue weighted by Crippen LogP contribution is -2.09. The Morgan fingerprint density at radius 2 is 2.05 bits per heavy atom. The Balaban J connectivity index is 1.95. The molecule has 0 aromatic heterocycles. The lowest BCUT2D eigenvalue weighted by molar-refractivity contribution is 0.288. The van der Waals surface area contributed by atoms with Gasteiger partial charge in [0.15, 0.2) is 0 Å². The summed E-state index contributed by atoms with van der Waals surface area (Å²) in [7, 11) is 0. The number of fused-ring (bicyclic) bond motifs is 1. The Morgan fingerprint density at radius 3 is 2.85 bits per heavy atom. The fraction of sp³-hybridized carbons (Fsp3) is 0.250. The van der Waals surface area contributed by atoms with Gasteiger partial charge >= 0.3 is 0 Å². The molecule has 0 saturated carbocycles. The van der Waals surface area contributed by atoms with Crippen molar-refractivity contribution in [2.75, 3.05) is 6.61 Å². The molecule has 104 valence electrons. The van der Waals surface area contributed by atoms with Crippen molar-refractivity contribution >= 4 is 38.5 Å². The molecule has 1 heterocycles. The van der Waals surface area contributed by atoms with Crippen molar-refractivity contribution in [3.8, 4) is 5.75 Å². The SMILES string of the molecule is Fc1ccc(C(Br)c2ccc3c(c2)CCCO3)c(I)c1. The number of aryl methyl sites for hydroxylation is 1. The van der Waals surface area contributed by atoms with Gasteiger partial charge in [-0.3, -0.25) is 0 Å². The smallest absolute Gasteiger partial charge is 0.124 e. The van der Waals surface area contributed by atoms with Gasteiger partial charge in [-0.2, -0.15) is 0 Å². The lowest BCUT2D eigenvalue weighted by atomic mass is 9.99. The molecule has 4 heteroatoms. The average molecular weight is 447 g/mol. The van der Waals surface area contributed by atoms with Gasteiger partial charge in [-0.05, 0) is 70.3 Å². The van der Waals surface area contributed by atoms with Crippen LogP contribution in [0.15, 0.2) is 36.4 Å². The lowest BCUT2D eigenvalue weighted by Gasteiger charge is -2.20. The van der Waals surface area contributed by atoms with Gasteiger partial charge in [0.05, 0.1) is 11.4 Å². The monoisotopic (exact) mass is 446 g/mol. The fourth-order valence-electron chi connectivity index (χ4n) is 2.42. The van der Waals surface area contributed by atoms with Gasteiger partial charge in [-0.15, -0.1) is 0 Å². The summed E-state index contributed by atoms with van der Waals surface area (Å²) in [6, 6.07) is 11.2. The molecule has 1 aliphatic heterocycles. The Morgan fingerprint density at radius 1 is 1.20 bits per heavy atom. The van der Waals surface area contributed by atoms with Crippen molar-refractivity contribution in [2.45, 2.75) is 17.7 Å². The van der Waals surface area contributed by atoms with E-state index in [1.807, 2.05) is 12.1 Å². The molecule has 1 nitrogen and oxygen atoms in total. The molecule has 2 aromatic rings. The number of hydrogen-bond acceptors (Lipinski definition) is 1. The van der Waals surface area contributed by atoms with Crippen LogP contribution in [0.1, 0.15) is 27.9 Å². The van der Waals surface area contributed by atoms with Crippen molar-refractivity contribution in [2.24, 2.45) is 0 Å². The van der Waals surface area contributed by atoms with E-state index in [9.17, 15) is 4.39 Å². The highest BCUT2D eigenvalue weighted by atomic mass is 127. The molecule has 1 aliphatic rings. The number of halogens is 3. The first-order chi connectivity index (χ1) is 9.65. The molecule has 0 saturated heterocycles. The van der Waals surface area contributed by atoms with Crippen molar-refractivity contribution < 1.29 is 9.13 Å². The first kappa shape index (κ1) is 14.3. The highest BCUT2D eigenvalue weighted by Crippen LogP contribution is 2.36. The number of alkyl halides is 1. The summed E-state index contributed by atoms with van der Waals surface area (Å²) < 4.78 is 19.8. The number of benzene rings is 2. The summed E-state index contributed by atoms with van der Waals surface area (Å²) in [6.07, 6.45) is 2.13. The molecule has 2 aromatic carbocycles. The average Bonchev–Trinajstić information content (AvgIpc) is 2.46. The van der Waals surface area contributed by atoms with Crippen molar-refractivity contribution in [3.05, 3.63) is 62.5 Å². The Labute approximate surface area is 139 Å². The first-order valence-electron chi connectivity index (χ1n) is 6.50. The van der Waals surface area contributed by atoms with Crippen LogP contribution >= 0.6 is 38.5 Å². The summed E-state index contributed by atoms with van der Waals surface area (Å²) in [5.74, 6) is 0.796. The van der Waals surface area contributed by atoms with Crippen LogP contribution < -0.4 is 4.74 Å². The van der Waals surface area contributed by atoms with Gasteiger partial charge < -0.3 is 4.74 Å². The van der Waals surface area contributed by atoms with Crippen LogP contribution in [0.5, 0.6) is 5.75 Å². The van der Waals surface area contributed by atoms with Crippen molar-refractivity contribution in [1.82, 2.24) is 0 Å². The minimum Gasteiger partial charge on any atom is -0.493 e. The largest absolute Gasteiger partial charge is 0.493 e. The van der Waals surface area contributed by atoms with E-state index in [2.05, 4.69) is 50.7 Å². The predicted octanol–water partition coefficient (Wildman–Crippen LogP) is 5.24. The van der Waals surface area contributed by atoms with Gasteiger partial charge in [0.1, 0.15) is 11.6 Å². The predicted molar refractivity (Wildman–Crippen MR) is 90.1 cm³/mol. The zero-order valence-electron chi connectivity index (χ0n) is 10.7. The minimum atomic E-state index is -0.198. The maximum absolute atomic E-state index is 13.2. The Hall–Kier alpha value is -0.620. The molecule has 0 bridgehead atoms. The quantitative estimate of drug-likeness (QED) is 0.452. The van der Waals surface area contributed by atoms with Gasteiger partial charge in [0, 0.05) is 3.57 Å². The third kappa shape index (κ3) is 2.86. The first-order valence-corrected chi connectivity index (χ1v) is 8.49. The van der Waals surface area contributed by atoms with Crippen LogP contribution in [0.4, 0.5) is 4.39 Å². The molecule has 0 spiro atoms. The summed E-state index contributed by atoms with van der Waals surface area (Å²) in [4.78, 5) is 0.0715. The van der Waals surface area contributed by atoms with E-state index in [0.717, 1.165) is 34.3 Å². The van der Waals surface area contributed by atoms with E-state index in [1.165, 1.54) is 17.2 Å². The van der Waals surface area contributed by atoms with Gasteiger partial charge in [-0.1, -0.05) is 34.1 Å². The van der Waals surface area contributed by atoms with E-state index >= 15 is 0 Å². The second kappa shape index (κ2) is 6.02. The summed E-state index contributed by atoms with van der Waals surface area (Å²) in [5.41, 5.74) is 3.53. The Kier molecular flexibility index (Phi) is 4.31. The zero-order chi connectivity index (χ0) is 14.1. The molecular weight excluding hydrogens is 434 g/mol. The van der Waals surface area contributed by atoms with Gasteiger partial charge in [0.2, 0.25) is 0 Å². The van der Waals surface area contributed by atoms with Crippen LogP contribution in [-0.4, -0.2) is 6.61 Å². The highest BCUT2D eigenvalue weighted by Gasteiger charge is 2.17. The third-order valence-corrected chi connectivity index (χ3v) is 5.42. The van der Waals surface area contributed by atoms with Crippen LogP contribution in [0.2, 0.25) is 0 Å². The fourth-order valence-corrected chi connectivity index (χ4v) is 4.33. The molecule has 0 aliphatic carbocycles. The van der Waals surface area contributed by atoms with Crippen molar-refractivity contribution in [1.29, 1.82) is 0 Å². The van der Waals surface area contributed by atoms with Gasteiger partial charge in [0.25, 0.3) is 0 Å². The topological polar surface area (TPSA) is 9.23 Å². The summed E-state index contributed by atoms with van der Waals surface area (Å²) >= 11 is 5.91. The van der Waals surface area contributed by atoms with Crippen molar-refractivity contribution in [3.63, 3.8) is 0 Å². The summed E-state index contributed by atoms with van der Waals surface area (Å²) in [5, 5.41) is 0. The maximum Gasteiger partial charge on any atom is 0.124 e. The Bertz CT molecular complexity index is 644. The molecule has 0 fully saturated rings. The molecule has 1 atom stereocenters. The van der Waals surface area contributed by atoms with E-state index < -0.39 is 0 Å². The maximum atomic E-state index is 13.2. The molecule has 20 heavy (non-hydrogen) atoms. The number of rotatable bonds is 2. The molecular formula is C16H13BrFIO. The third-order valence-electron chi connectivity index (χ3n) is 3.46. The summed E-state index contributed by atoms with van der Waals surface area (Å²) in [6.45, 7) is 0.806. The van der Waals surface area contributed by atoms with E-state index in [4.69, 9.17) is 4.74 Å². The molecule has 3 rings (SSSR count). The highest BCUT2D eigenvalue weighted by molar-refractivity contribution is 14.1. The van der Waals surface area contributed by atoms with E-state index in [1.54, 1.807) is 6.07 Å². The van der Waals surface area contributed by atoms with Crippen LogP contribution in [0.3, 0.4) is 0 Å². The zero-order valence-corrected chi connectivity index (χ0v) is 14.4. The second-order valence-corrected chi connectivity index (χ2v) is 6.93. The van der Waals surface area contributed by atoms with E-state index in [-0.39, 0.29) is 10.6 Å². The molecule has 0 radical (unpaired) electrons. The van der Waals surface area contributed by atoms with E-state index in [0.29, 0.717) is 0 Å². The second-order valence-electron chi connectivity index (χ2n) is 4.85. The molecule has 0 N–H and O–H groups in total. The normalized spacial score (nSPS) is 15.3. The minimum absolute atomic E-state index is 0.0715. The molecule has 0 amide bonds.